The van der Waals surface area contributed by atoms with E-state index in [1.54, 1.807) is 6.92 Å². The second-order valence-corrected chi connectivity index (χ2v) is 7.01. The van der Waals surface area contributed by atoms with Crippen LogP contribution in [0.2, 0.25) is 0 Å². The number of aromatic nitrogens is 2. The van der Waals surface area contributed by atoms with Crippen molar-refractivity contribution >= 4 is 28.5 Å². The third-order valence-electron chi connectivity index (χ3n) is 3.90. The molecule has 1 aliphatic heterocycles. The lowest BCUT2D eigenvalue weighted by atomic mass is 10.1. The second kappa shape index (κ2) is 8.24. The number of esters is 1. The molecule has 2 amide bonds. The molecule has 1 fully saturated rings. The predicted octanol–water partition coefficient (Wildman–Crippen LogP) is 2.69. The van der Waals surface area contributed by atoms with E-state index in [4.69, 9.17) is 4.74 Å². The zero-order chi connectivity index (χ0) is 16.8. The van der Waals surface area contributed by atoms with Crippen LogP contribution in [-0.4, -0.2) is 46.3 Å². The number of hydrogen-bond acceptors (Lipinski definition) is 6. The molecule has 7 nitrogen and oxygen atoms in total. The average molecular weight is 340 g/mol. The molecule has 0 saturated carbocycles. The molecule has 1 N–H and O–H groups in total. The minimum atomic E-state index is -0.337. The number of amides is 2. The molecular formula is C15H24N4O3S. The SMILES string of the molecule is CCOC(=O)Cc1nnc(NC(=O)N2C[C@@H](C)CCC[C@H]2C)s1. The maximum atomic E-state index is 12.5. The van der Waals surface area contributed by atoms with Gasteiger partial charge in [-0.15, -0.1) is 10.2 Å². The highest BCUT2D eigenvalue weighted by molar-refractivity contribution is 7.15. The smallest absolute Gasteiger partial charge is 0.323 e. The Kier molecular flexibility index (Phi) is 6.32. The summed E-state index contributed by atoms with van der Waals surface area (Å²) in [5.41, 5.74) is 0. The van der Waals surface area contributed by atoms with Crippen molar-refractivity contribution in [2.45, 2.75) is 52.5 Å². The first-order valence-corrected chi connectivity index (χ1v) is 8.86. The Morgan fingerprint density at radius 3 is 2.87 bits per heavy atom. The monoisotopic (exact) mass is 340 g/mol. The van der Waals surface area contributed by atoms with E-state index in [2.05, 4.69) is 29.4 Å². The number of rotatable bonds is 4. The summed E-state index contributed by atoms with van der Waals surface area (Å²) in [5.74, 6) is 0.163. The van der Waals surface area contributed by atoms with Crippen LogP contribution in [-0.2, 0) is 16.0 Å². The molecule has 0 unspecified atom stereocenters. The first-order chi connectivity index (χ1) is 11.0. The van der Waals surface area contributed by atoms with E-state index in [9.17, 15) is 9.59 Å². The van der Waals surface area contributed by atoms with Crippen molar-refractivity contribution in [1.82, 2.24) is 15.1 Å². The van der Waals surface area contributed by atoms with Gasteiger partial charge in [-0.25, -0.2) is 4.79 Å². The number of anilines is 1. The highest BCUT2D eigenvalue weighted by Gasteiger charge is 2.25. The molecule has 2 heterocycles. The van der Waals surface area contributed by atoms with Gasteiger partial charge in [0.05, 0.1) is 13.0 Å². The standard InChI is InChI=1S/C15H24N4O3S/c1-4-22-13(20)8-12-17-18-14(23-12)16-15(21)19-9-10(2)6-5-7-11(19)3/h10-11H,4-9H2,1-3H3,(H,16,18,21)/t10-,11+/m0/s1. The third kappa shape index (κ3) is 5.16. The maximum Gasteiger partial charge on any atom is 0.323 e. The van der Waals surface area contributed by atoms with Gasteiger partial charge in [0, 0.05) is 12.6 Å². The Hall–Kier alpha value is -1.70. The molecule has 0 spiro atoms. The van der Waals surface area contributed by atoms with Crippen molar-refractivity contribution in [2.75, 3.05) is 18.5 Å². The van der Waals surface area contributed by atoms with Crippen LogP contribution in [0.3, 0.4) is 0 Å². The lowest BCUT2D eigenvalue weighted by Crippen LogP contribution is -2.42. The predicted molar refractivity (Wildman–Crippen MR) is 88.4 cm³/mol. The molecule has 8 heteroatoms. The van der Waals surface area contributed by atoms with Crippen LogP contribution in [0.5, 0.6) is 0 Å². The van der Waals surface area contributed by atoms with Gasteiger partial charge in [-0.2, -0.15) is 0 Å². The number of likely N-dealkylation sites (tertiary alicyclic amines) is 1. The van der Waals surface area contributed by atoms with E-state index >= 15 is 0 Å². The Balaban J connectivity index is 1.94. The van der Waals surface area contributed by atoms with Crippen molar-refractivity contribution in [2.24, 2.45) is 5.92 Å². The molecule has 0 aliphatic carbocycles. The highest BCUT2D eigenvalue weighted by atomic mass is 32.1. The quantitative estimate of drug-likeness (QED) is 0.852. The number of nitrogens with one attached hydrogen (secondary N) is 1. The van der Waals surface area contributed by atoms with Gasteiger partial charge in [0.25, 0.3) is 0 Å². The molecule has 2 rings (SSSR count). The van der Waals surface area contributed by atoms with Crippen LogP contribution in [0.1, 0.15) is 45.0 Å². The summed E-state index contributed by atoms with van der Waals surface area (Å²) < 4.78 is 4.88. The van der Waals surface area contributed by atoms with Gasteiger partial charge in [-0.05, 0) is 32.6 Å². The molecule has 128 valence electrons. The molecule has 1 aromatic heterocycles. The Morgan fingerprint density at radius 1 is 1.35 bits per heavy atom. The summed E-state index contributed by atoms with van der Waals surface area (Å²) in [5, 5.41) is 11.6. The number of urea groups is 1. The number of carbonyl (C=O) groups excluding carboxylic acids is 2. The van der Waals surface area contributed by atoms with Crippen molar-refractivity contribution in [3.63, 3.8) is 0 Å². The summed E-state index contributed by atoms with van der Waals surface area (Å²) in [6.07, 6.45) is 3.39. The zero-order valence-electron chi connectivity index (χ0n) is 13.9. The van der Waals surface area contributed by atoms with E-state index < -0.39 is 0 Å². The molecule has 0 aromatic carbocycles. The van der Waals surface area contributed by atoms with Gasteiger partial charge in [0.1, 0.15) is 5.01 Å². The summed E-state index contributed by atoms with van der Waals surface area (Å²) in [6, 6.07) is 0.0666. The van der Waals surface area contributed by atoms with Gasteiger partial charge in [-0.3, -0.25) is 10.1 Å². The molecule has 1 aromatic rings. The lowest BCUT2D eigenvalue weighted by Gasteiger charge is -2.28. The van der Waals surface area contributed by atoms with E-state index in [0.29, 0.717) is 22.7 Å². The van der Waals surface area contributed by atoms with Crippen molar-refractivity contribution in [1.29, 1.82) is 0 Å². The van der Waals surface area contributed by atoms with Crippen molar-refractivity contribution < 1.29 is 14.3 Å². The zero-order valence-corrected chi connectivity index (χ0v) is 14.7. The molecular weight excluding hydrogens is 316 g/mol. The number of nitrogens with zero attached hydrogens (tertiary/aromatic N) is 3. The van der Waals surface area contributed by atoms with E-state index in [1.807, 2.05) is 4.90 Å². The highest BCUT2D eigenvalue weighted by Crippen LogP contribution is 2.22. The van der Waals surface area contributed by atoms with Gasteiger partial charge in [0.15, 0.2) is 0 Å². The van der Waals surface area contributed by atoms with Crippen LogP contribution in [0.4, 0.5) is 9.93 Å². The summed E-state index contributed by atoms with van der Waals surface area (Å²) in [6.45, 7) is 7.09. The average Bonchev–Trinajstić information content (AvgIpc) is 2.83. The van der Waals surface area contributed by atoms with Crippen LogP contribution < -0.4 is 5.32 Å². The Morgan fingerprint density at radius 2 is 2.13 bits per heavy atom. The fourth-order valence-electron chi connectivity index (χ4n) is 2.68. The molecule has 0 radical (unpaired) electrons. The van der Waals surface area contributed by atoms with Crippen LogP contribution in [0, 0.1) is 5.92 Å². The minimum Gasteiger partial charge on any atom is -0.466 e. The summed E-state index contributed by atoms with van der Waals surface area (Å²) in [7, 11) is 0. The van der Waals surface area contributed by atoms with Gasteiger partial charge in [-0.1, -0.05) is 24.7 Å². The van der Waals surface area contributed by atoms with Crippen molar-refractivity contribution in [3.8, 4) is 0 Å². The molecule has 23 heavy (non-hydrogen) atoms. The molecule has 1 aliphatic rings. The third-order valence-corrected chi connectivity index (χ3v) is 4.74. The Labute approximate surface area is 140 Å². The fraction of sp³-hybridized carbons (Fsp3) is 0.733. The normalized spacial score (nSPS) is 21.6. The molecule has 2 atom stereocenters. The number of ether oxygens (including phenoxy) is 1. The Bertz CT molecular complexity index is 549. The minimum absolute atomic E-state index is 0.0819. The van der Waals surface area contributed by atoms with Crippen molar-refractivity contribution in [3.05, 3.63) is 5.01 Å². The van der Waals surface area contributed by atoms with Gasteiger partial charge >= 0.3 is 12.0 Å². The van der Waals surface area contributed by atoms with Crippen LogP contribution in [0.15, 0.2) is 0 Å². The largest absolute Gasteiger partial charge is 0.466 e. The van der Waals surface area contributed by atoms with Crippen LogP contribution >= 0.6 is 11.3 Å². The molecule has 0 bridgehead atoms. The summed E-state index contributed by atoms with van der Waals surface area (Å²) in [4.78, 5) is 25.8. The molecule has 1 saturated heterocycles. The lowest BCUT2D eigenvalue weighted by molar-refractivity contribution is -0.142. The summed E-state index contributed by atoms with van der Waals surface area (Å²) >= 11 is 1.20. The second-order valence-electron chi connectivity index (χ2n) is 5.95. The number of carbonyl (C=O) groups is 2. The van der Waals surface area contributed by atoms with E-state index in [1.165, 1.54) is 11.3 Å². The van der Waals surface area contributed by atoms with Gasteiger partial charge in [0.2, 0.25) is 5.13 Å². The first kappa shape index (κ1) is 17.7. The maximum absolute atomic E-state index is 12.5. The van der Waals surface area contributed by atoms with Gasteiger partial charge < -0.3 is 9.64 Å². The number of hydrogen-bond donors (Lipinski definition) is 1. The first-order valence-electron chi connectivity index (χ1n) is 8.05. The topological polar surface area (TPSA) is 84.4 Å². The van der Waals surface area contributed by atoms with E-state index in [0.717, 1.165) is 25.8 Å². The van der Waals surface area contributed by atoms with Crippen LogP contribution in [0.25, 0.3) is 0 Å². The van der Waals surface area contributed by atoms with E-state index in [-0.39, 0.29) is 24.5 Å². The fourth-order valence-corrected chi connectivity index (χ4v) is 3.40.